The van der Waals surface area contributed by atoms with Crippen molar-refractivity contribution < 1.29 is 23.8 Å². The number of furan rings is 1. The molecule has 2 N–H and O–H groups in total. The van der Waals surface area contributed by atoms with Gasteiger partial charge in [-0.1, -0.05) is 0 Å². The number of rotatable bonds is 4. The normalized spacial score (nSPS) is 10.2. The summed E-state index contributed by atoms with van der Waals surface area (Å²) in [5.41, 5.74) is 0.916. The highest BCUT2D eigenvalue weighted by atomic mass is 16.5. The average molecular weight is 289 g/mol. The van der Waals surface area contributed by atoms with Gasteiger partial charge in [-0.05, 0) is 32.0 Å². The zero-order valence-corrected chi connectivity index (χ0v) is 11.9. The van der Waals surface area contributed by atoms with E-state index in [2.05, 4.69) is 5.32 Å². The van der Waals surface area contributed by atoms with Crippen molar-refractivity contribution in [2.24, 2.45) is 0 Å². The fourth-order valence-corrected chi connectivity index (χ4v) is 2.00. The Hall–Kier alpha value is -2.76. The molecular formula is C15H15NO5. The molecule has 0 saturated heterocycles. The maximum atomic E-state index is 12.1. The molecule has 0 aliphatic rings. The first-order valence-corrected chi connectivity index (χ1v) is 6.22. The van der Waals surface area contributed by atoms with Crippen molar-refractivity contribution in [3.8, 4) is 5.75 Å². The quantitative estimate of drug-likeness (QED) is 0.903. The molecule has 1 heterocycles. The molecule has 0 aliphatic heterocycles. The summed E-state index contributed by atoms with van der Waals surface area (Å²) in [5, 5.41) is 11.7. The number of amides is 1. The number of hydrogen-bond acceptors (Lipinski definition) is 4. The maximum Gasteiger partial charge on any atom is 0.339 e. The number of carboxylic acid groups (broad SMARTS) is 1. The number of benzene rings is 1. The molecule has 2 rings (SSSR count). The predicted octanol–water partition coefficient (Wildman–Crippen LogP) is 2.86. The van der Waals surface area contributed by atoms with Gasteiger partial charge in [0.15, 0.2) is 0 Å². The molecule has 0 fully saturated rings. The molecule has 0 aliphatic carbocycles. The summed E-state index contributed by atoms with van der Waals surface area (Å²) in [6, 6.07) is 5.99. The van der Waals surface area contributed by atoms with E-state index in [0.717, 1.165) is 0 Å². The van der Waals surface area contributed by atoms with Crippen molar-refractivity contribution in [1.29, 1.82) is 0 Å². The molecule has 0 saturated carbocycles. The van der Waals surface area contributed by atoms with E-state index in [1.165, 1.54) is 25.3 Å². The minimum Gasteiger partial charge on any atom is -0.496 e. The number of nitrogens with one attached hydrogen (secondary N) is 1. The molecule has 6 nitrogen and oxygen atoms in total. The Morgan fingerprint density at radius 3 is 2.43 bits per heavy atom. The highest BCUT2D eigenvalue weighted by Crippen LogP contribution is 2.24. The lowest BCUT2D eigenvalue weighted by molar-refractivity contribution is 0.0693. The highest BCUT2D eigenvalue weighted by Gasteiger charge is 2.16. The molecule has 0 bridgehead atoms. The zero-order chi connectivity index (χ0) is 15.6. The fourth-order valence-electron chi connectivity index (χ4n) is 2.00. The molecule has 0 radical (unpaired) electrons. The molecule has 110 valence electrons. The number of carbonyl (C=O) groups is 2. The lowest BCUT2D eigenvalue weighted by atomic mass is 10.1. The second-order valence-electron chi connectivity index (χ2n) is 4.50. The standard InChI is InChI=1S/C15H15NO5/c1-8-6-12(9(2)21-8)14(17)16-10-4-5-11(15(18)19)13(7-10)20-3/h4-7H,1-3H3,(H,16,17)(H,18,19). The van der Waals surface area contributed by atoms with Gasteiger partial charge in [-0.15, -0.1) is 0 Å². The number of carboxylic acids is 1. The van der Waals surface area contributed by atoms with E-state index in [-0.39, 0.29) is 17.2 Å². The van der Waals surface area contributed by atoms with Crippen molar-refractivity contribution in [2.45, 2.75) is 13.8 Å². The van der Waals surface area contributed by atoms with Crippen molar-refractivity contribution in [1.82, 2.24) is 0 Å². The van der Waals surface area contributed by atoms with Gasteiger partial charge in [0, 0.05) is 11.8 Å². The molecule has 1 amide bonds. The van der Waals surface area contributed by atoms with Crippen molar-refractivity contribution in [3.05, 3.63) is 46.9 Å². The van der Waals surface area contributed by atoms with Gasteiger partial charge >= 0.3 is 5.97 Å². The van der Waals surface area contributed by atoms with Crippen LogP contribution in [0.25, 0.3) is 0 Å². The SMILES string of the molecule is COc1cc(NC(=O)c2cc(C)oc2C)ccc1C(=O)O. The number of aromatic carboxylic acids is 1. The van der Waals surface area contributed by atoms with E-state index in [1.807, 2.05) is 0 Å². The van der Waals surface area contributed by atoms with Gasteiger partial charge in [-0.2, -0.15) is 0 Å². The third-order valence-corrected chi connectivity index (χ3v) is 2.98. The van der Waals surface area contributed by atoms with Crippen LogP contribution < -0.4 is 10.1 Å². The third-order valence-electron chi connectivity index (χ3n) is 2.98. The molecule has 21 heavy (non-hydrogen) atoms. The third kappa shape index (κ3) is 3.05. The first-order valence-electron chi connectivity index (χ1n) is 6.22. The van der Waals surface area contributed by atoms with E-state index in [9.17, 15) is 9.59 Å². The molecule has 6 heteroatoms. The Labute approximate surface area is 121 Å². The molecule has 1 aromatic carbocycles. The van der Waals surface area contributed by atoms with Gasteiger partial charge in [-0.25, -0.2) is 4.79 Å². The van der Waals surface area contributed by atoms with Crippen LogP contribution in [0.5, 0.6) is 5.75 Å². The molecular weight excluding hydrogens is 274 g/mol. The summed E-state index contributed by atoms with van der Waals surface area (Å²) in [6.45, 7) is 3.46. The van der Waals surface area contributed by atoms with Gasteiger partial charge in [0.25, 0.3) is 5.91 Å². The van der Waals surface area contributed by atoms with Crippen molar-refractivity contribution >= 4 is 17.6 Å². The van der Waals surface area contributed by atoms with E-state index < -0.39 is 5.97 Å². The van der Waals surface area contributed by atoms with E-state index in [1.54, 1.807) is 19.9 Å². The van der Waals surface area contributed by atoms with Crippen LogP contribution in [0.3, 0.4) is 0 Å². The minimum absolute atomic E-state index is 0.0332. The second kappa shape index (κ2) is 5.70. The van der Waals surface area contributed by atoms with E-state index in [4.69, 9.17) is 14.3 Å². The van der Waals surface area contributed by atoms with Gasteiger partial charge in [0.05, 0.1) is 12.7 Å². The zero-order valence-electron chi connectivity index (χ0n) is 11.9. The summed E-state index contributed by atoms with van der Waals surface area (Å²) < 4.78 is 10.3. The molecule has 0 unspecified atom stereocenters. The van der Waals surface area contributed by atoms with E-state index >= 15 is 0 Å². The van der Waals surface area contributed by atoms with Crippen molar-refractivity contribution in [3.63, 3.8) is 0 Å². The topological polar surface area (TPSA) is 88.8 Å². The van der Waals surface area contributed by atoms with Gasteiger partial charge in [-0.3, -0.25) is 4.79 Å². The summed E-state index contributed by atoms with van der Waals surface area (Å²) in [7, 11) is 1.37. The van der Waals surface area contributed by atoms with Crippen LogP contribution in [0.15, 0.2) is 28.7 Å². The maximum absolute atomic E-state index is 12.1. The lowest BCUT2D eigenvalue weighted by Gasteiger charge is -2.09. The second-order valence-corrected chi connectivity index (χ2v) is 4.50. The Bertz CT molecular complexity index is 702. The molecule has 2 aromatic rings. The Morgan fingerprint density at radius 1 is 1.19 bits per heavy atom. The van der Waals surface area contributed by atoms with Crippen LogP contribution in [0.2, 0.25) is 0 Å². The summed E-state index contributed by atoms with van der Waals surface area (Å²) in [6.07, 6.45) is 0. The number of ether oxygens (including phenoxy) is 1. The average Bonchev–Trinajstić information content (AvgIpc) is 2.77. The fraction of sp³-hybridized carbons (Fsp3) is 0.200. The molecule has 0 atom stereocenters. The van der Waals surface area contributed by atoms with Gasteiger partial charge in [0.2, 0.25) is 0 Å². The molecule has 1 aromatic heterocycles. The van der Waals surface area contributed by atoms with Crippen LogP contribution in [-0.4, -0.2) is 24.1 Å². The minimum atomic E-state index is -1.09. The van der Waals surface area contributed by atoms with Crippen LogP contribution in [0.4, 0.5) is 5.69 Å². The van der Waals surface area contributed by atoms with Crippen LogP contribution >= 0.6 is 0 Å². The summed E-state index contributed by atoms with van der Waals surface area (Å²) in [5.74, 6) is -0.0588. The number of methoxy groups -OCH3 is 1. The summed E-state index contributed by atoms with van der Waals surface area (Å²) >= 11 is 0. The van der Waals surface area contributed by atoms with Gasteiger partial charge < -0.3 is 19.6 Å². The number of carbonyl (C=O) groups excluding carboxylic acids is 1. The monoisotopic (exact) mass is 289 g/mol. The van der Waals surface area contributed by atoms with Crippen molar-refractivity contribution in [2.75, 3.05) is 12.4 Å². The number of aryl methyl sites for hydroxylation is 2. The van der Waals surface area contributed by atoms with Crippen LogP contribution in [0, 0.1) is 13.8 Å². The van der Waals surface area contributed by atoms with Crippen LogP contribution in [-0.2, 0) is 0 Å². The first-order chi connectivity index (χ1) is 9.92. The molecule has 0 spiro atoms. The van der Waals surface area contributed by atoms with Crippen LogP contribution in [0.1, 0.15) is 32.2 Å². The number of hydrogen-bond donors (Lipinski definition) is 2. The largest absolute Gasteiger partial charge is 0.496 e. The van der Waals surface area contributed by atoms with E-state index in [0.29, 0.717) is 22.8 Å². The Balaban J connectivity index is 2.26. The number of anilines is 1. The Kier molecular flexibility index (Phi) is 3.98. The first kappa shape index (κ1) is 14.6. The predicted molar refractivity (Wildman–Crippen MR) is 76.1 cm³/mol. The Morgan fingerprint density at radius 2 is 1.90 bits per heavy atom. The highest BCUT2D eigenvalue weighted by molar-refractivity contribution is 6.05. The van der Waals surface area contributed by atoms with Gasteiger partial charge in [0.1, 0.15) is 22.8 Å². The summed E-state index contributed by atoms with van der Waals surface area (Å²) in [4.78, 5) is 23.1. The smallest absolute Gasteiger partial charge is 0.339 e. The lowest BCUT2D eigenvalue weighted by Crippen LogP contribution is -2.12.